The number of nitrogens with one attached hydrogen (secondary N) is 3. The van der Waals surface area contributed by atoms with E-state index >= 15 is 0 Å². The Balaban J connectivity index is 1.31. The Morgan fingerprint density at radius 2 is 1.75 bits per heavy atom. The van der Waals surface area contributed by atoms with Gasteiger partial charge in [-0.1, -0.05) is 41.9 Å². The summed E-state index contributed by atoms with van der Waals surface area (Å²) in [6.45, 7) is 1.67. The van der Waals surface area contributed by atoms with E-state index in [0.29, 0.717) is 16.3 Å². The van der Waals surface area contributed by atoms with E-state index in [4.69, 9.17) is 25.8 Å². The van der Waals surface area contributed by atoms with Gasteiger partial charge in [-0.05, 0) is 79.6 Å². The lowest BCUT2D eigenvalue weighted by molar-refractivity contribution is -0.135. The van der Waals surface area contributed by atoms with Crippen molar-refractivity contribution in [3.05, 3.63) is 113 Å². The number of benzene rings is 4. The van der Waals surface area contributed by atoms with Crippen molar-refractivity contribution in [3.63, 3.8) is 0 Å². The van der Waals surface area contributed by atoms with Gasteiger partial charge in [0.2, 0.25) is 17.7 Å². The fourth-order valence-electron chi connectivity index (χ4n) is 5.50. The molecule has 0 unspecified atom stereocenters. The molecule has 12 nitrogen and oxygen atoms in total. The molecule has 1 heterocycles. The number of ether oxygens (including phenoxy) is 3. The fraction of sp³-hybridized carbons (Fsp3) is 0.282. The number of carbonyl (C=O) groups is 4. The Morgan fingerprint density at radius 1 is 1.02 bits per heavy atom. The first-order chi connectivity index (χ1) is 25.5. The molecule has 3 atom stereocenters. The quantitative estimate of drug-likeness (QED) is 0.186. The van der Waals surface area contributed by atoms with Gasteiger partial charge in [-0.3, -0.25) is 19.2 Å². The largest absolute Gasteiger partial charge is 0.508 e. The minimum atomic E-state index is -1.19. The Labute approximate surface area is 311 Å². The molecule has 4 aromatic carbocycles. The van der Waals surface area contributed by atoms with Gasteiger partial charge in [0.1, 0.15) is 42.5 Å². The number of para-hydroxylation sites is 2. The van der Waals surface area contributed by atoms with Crippen LogP contribution in [0.1, 0.15) is 35.7 Å². The molecule has 0 aromatic heterocycles. The normalized spacial score (nSPS) is 17.5. The summed E-state index contributed by atoms with van der Waals surface area (Å²) < 4.78 is 32.4. The molecule has 14 heteroatoms. The van der Waals surface area contributed by atoms with E-state index in [1.807, 2.05) is 0 Å². The first-order valence-electron chi connectivity index (χ1n) is 17.0. The van der Waals surface area contributed by atoms with Gasteiger partial charge < -0.3 is 40.2 Å². The molecule has 5 rings (SSSR count). The lowest BCUT2D eigenvalue weighted by Gasteiger charge is -2.25. The maximum Gasteiger partial charge on any atom is 0.255 e. The minimum Gasteiger partial charge on any atom is -0.508 e. The number of nitrogens with zero attached hydrogens (tertiary/aromatic N) is 1. The summed E-state index contributed by atoms with van der Waals surface area (Å²) in [6.07, 6.45) is -0.195. The number of likely N-dealkylation sites (N-methyl/N-ethyl adjacent to an activating group) is 1. The first kappa shape index (κ1) is 38.4. The van der Waals surface area contributed by atoms with E-state index in [2.05, 4.69) is 16.0 Å². The van der Waals surface area contributed by atoms with Crippen molar-refractivity contribution in [2.45, 2.75) is 44.3 Å². The molecule has 278 valence electrons. The van der Waals surface area contributed by atoms with Crippen molar-refractivity contribution in [1.29, 1.82) is 0 Å². The van der Waals surface area contributed by atoms with Crippen LogP contribution in [-0.4, -0.2) is 78.6 Å². The highest BCUT2D eigenvalue weighted by molar-refractivity contribution is 6.30. The number of rotatable bonds is 9. The molecule has 0 saturated heterocycles. The predicted octanol–water partition coefficient (Wildman–Crippen LogP) is 5.02. The second kappa shape index (κ2) is 18.1. The van der Waals surface area contributed by atoms with Crippen LogP contribution in [-0.2, 0) is 20.8 Å². The van der Waals surface area contributed by atoms with Crippen LogP contribution < -0.4 is 30.2 Å². The SMILES string of the molecule is C[C@H](COc1c(F)cccc1Oc1ccc(Cl)cc1)NC(=O)[C@@H]1CCC(=O)N[C@@H](Cc2ccc(O)cc2)C(=O)N(C)CCOc2ccccc2C(=O)N1. The molecular formula is C39H40ClFN4O8. The zero-order valence-corrected chi connectivity index (χ0v) is 29.9. The molecule has 4 N–H and O–H groups in total. The molecule has 53 heavy (non-hydrogen) atoms. The molecule has 0 saturated carbocycles. The number of phenolic OH excluding ortho intramolecular Hbond substituents is 1. The van der Waals surface area contributed by atoms with E-state index in [1.165, 1.54) is 35.2 Å². The number of amides is 4. The van der Waals surface area contributed by atoms with Gasteiger partial charge >= 0.3 is 0 Å². The van der Waals surface area contributed by atoms with Gasteiger partial charge in [-0.2, -0.15) is 0 Å². The summed E-state index contributed by atoms with van der Waals surface area (Å²) in [5.41, 5.74) is 0.866. The highest BCUT2D eigenvalue weighted by Gasteiger charge is 2.29. The number of halogens is 2. The topological polar surface area (TPSA) is 156 Å². The van der Waals surface area contributed by atoms with Gasteiger partial charge in [0.05, 0.1) is 18.2 Å². The molecule has 1 aliphatic heterocycles. The third kappa shape index (κ3) is 10.8. The van der Waals surface area contributed by atoms with Crippen LogP contribution in [0.4, 0.5) is 4.39 Å². The Kier molecular flexibility index (Phi) is 13.1. The second-order valence-electron chi connectivity index (χ2n) is 12.5. The third-order valence-electron chi connectivity index (χ3n) is 8.32. The van der Waals surface area contributed by atoms with Crippen molar-refractivity contribution < 1.29 is 42.9 Å². The van der Waals surface area contributed by atoms with Crippen molar-refractivity contribution in [2.75, 3.05) is 26.8 Å². The summed E-state index contributed by atoms with van der Waals surface area (Å²) in [6, 6.07) is 20.7. The maximum absolute atomic E-state index is 14.9. The van der Waals surface area contributed by atoms with Crippen LogP contribution in [0.5, 0.6) is 28.7 Å². The number of hydrogen-bond donors (Lipinski definition) is 4. The zero-order chi connectivity index (χ0) is 37.9. The Bertz CT molecular complexity index is 1910. The third-order valence-corrected chi connectivity index (χ3v) is 8.57. The predicted molar refractivity (Wildman–Crippen MR) is 195 cm³/mol. The summed E-state index contributed by atoms with van der Waals surface area (Å²) in [7, 11) is 1.59. The smallest absolute Gasteiger partial charge is 0.255 e. The molecule has 0 radical (unpaired) electrons. The Hall–Kier alpha value is -5.82. The highest BCUT2D eigenvalue weighted by atomic mass is 35.5. The monoisotopic (exact) mass is 746 g/mol. The molecule has 0 aliphatic carbocycles. The van der Waals surface area contributed by atoms with Crippen LogP contribution in [0.25, 0.3) is 0 Å². The number of aromatic hydroxyl groups is 1. The Morgan fingerprint density at radius 3 is 2.51 bits per heavy atom. The first-order valence-corrected chi connectivity index (χ1v) is 17.3. The van der Waals surface area contributed by atoms with Crippen LogP contribution in [0.3, 0.4) is 0 Å². The fourth-order valence-corrected chi connectivity index (χ4v) is 5.62. The molecule has 0 bridgehead atoms. The van der Waals surface area contributed by atoms with Gasteiger partial charge in [0, 0.05) is 24.9 Å². The van der Waals surface area contributed by atoms with Gasteiger partial charge in [0.15, 0.2) is 17.3 Å². The molecule has 1 aliphatic rings. The van der Waals surface area contributed by atoms with E-state index in [-0.39, 0.29) is 73.5 Å². The van der Waals surface area contributed by atoms with E-state index in [0.717, 1.165) is 0 Å². The van der Waals surface area contributed by atoms with Crippen LogP contribution in [0, 0.1) is 5.82 Å². The molecule has 4 amide bonds. The van der Waals surface area contributed by atoms with Crippen LogP contribution in [0.2, 0.25) is 5.02 Å². The van der Waals surface area contributed by atoms with Crippen LogP contribution in [0.15, 0.2) is 91.0 Å². The summed E-state index contributed by atoms with van der Waals surface area (Å²) in [5, 5.41) is 18.5. The maximum atomic E-state index is 14.9. The molecule has 0 fully saturated rings. The number of hydrogen-bond acceptors (Lipinski definition) is 8. The standard InChI is InChI=1S/C39H40ClFN4O8/c1-24(23-52-36-30(41)7-5-9-34(36)53-28-16-12-26(40)13-17-28)42-38(49)31-18-19-35(47)43-32(22-25-10-14-27(46)15-11-25)39(50)45(2)20-21-51-33-8-4-3-6-29(33)37(48)44-31/h3-17,24,31-32,46H,18-23H2,1-2H3,(H,42,49)(H,43,47)(H,44,48)/t24-,31+,32+/m1/s1. The van der Waals surface area contributed by atoms with Crippen molar-refractivity contribution in [1.82, 2.24) is 20.9 Å². The number of carbonyl (C=O) groups excluding carboxylic acids is 4. The average molecular weight is 747 g/mol. The van der Waals surface area contributed by atoms with E-state index < -0.39 is 41.7 Å². The van der Waals surface area contributed by atoms with E-state index in [9.17, 15) is 28.7 Å². The van der Waals surface area contributed by atoms with E-state index in [1.54, 1.807) is 74.6 Å². The molecule has 4 aromatic rings. The zero-order valence-electron chi connectivity index (χ0n) is 29.1. The van der Waals surface area contributed by atoms with Crippen molar-refractivity contribution >= 4 is 35.2 Å². The van der Waals surface area contributed by atoms with Crippen molar-refractivity contribution in [2.24, 2.45) is 0 Å². The van der Waals surface area contributed by atoms with Gasteiger partial charge in [-0.15, -0.1) is 0 Å². The summed E-state index contributed by atoms with van der Waals surface area (Å²) >= 11 is 5.96. The minimum absolute atomic E-state index is 0.0439. The lowest BCUT2D eigenvalue weighted by atomic mass is 10.0. The van der Waals surface area contributed by atoms with Gasteiger partial charge in [0.25, 0.3) is 5.91 Å². The summed E-state index contributed by atoms with van der Waals surface area (Å²) in [5.74, 6) is -2.12. The number of phenols is 1. The lowest BCUT2D eigenvalue weighted by Crippen LogP contribution is -2.51. The van der Waals surface area contributed by atoms with Crippen LogP contribution >= 0.6 is 11.6 Å². The second-order valence-corrected chi connectivity index (χ2v) is 12.9. The summed E-state index contributed by atoms with van der Waals surface area (Å²) in [4.78, 5) is 55.5. The highest BCUT2D eigenvalue weighted by Crippen LogP contribution is 2.34. The van der Waals surface area contributed by atoms with Crippen molar-refractivity contribution in [3.8, 4) is 28.7 Å². The molecular weight excluding hydrogens is 707 g/mol. The van der Waals surface area contributed by atoms with Gasteiger partial charge in [-0.25, -0.2) is 4.39 Å². The average Bonchev–Trinajstić information content (AvgIpc) is 3.14. The molecule has 0 spiro atoms. The number of fused-ring (bicyclic) bond motifs is 1.